The molecule has 0 spiro atoms. The number of hydrogen-bond acceptors (Lipinski definition) is 4. The molecule has 1 aliphatic rings. The summed E-state index contributed by atoms with van der Waals surface area (Å²) in [6.45, 7) is 2.32. The van der Waals surface area contributed by atoms with Gasteiger partial charge in [0.2, 0.25) is 0 Å². The van der Waals surface area contributed by atoms with Gasteiger partial charge in [-0.15, -0.1) is 11.3 Å². The molecule has 1 fully saturated rings. The average Bonchev–Trinajstić information content (AvgIpc) is 2.76. The second-order valence-corrected chi connectivity index (χ2v) is 6.63. The normalized spacial score (nSPS) is 22.1. The molecular weight excluding hydrogens is 327 g/mol. The highest BCUT2D eigenvalue weighted by molar-refractivity contribution is 14.1. The molecule has 2 heterocycles. The van der Waals surface area contributed by atoms with E-state index in [0.29, 0.717) is 6.54 Å². The molecule has 1 aromatic heterocycles. The third kappa shape index (κ3) is 2.88. The zero-order chi connectivity index (χ0) is 10.8. The first kappa shape index (κ1) is 11.3. The van der Waals surface area contributed by atoms with Crippen molar-refractivity contribution < 1.29 is 9.90 Å². The maximum absolute atomic E-state index is 10.8. The highest BCUT2D eigenvalue weighted by atomic mass is 127. The van der Waals surface area contributed by atoms with E-state index in [1.54, 1.807) is 11.3 Å². The van der Waals surface area contributed by atoms with E-state index in [0.717, 1.165) is 24.5 Å². The molecule has 0 amide bonds. The number of aliphatic carboxylic acids is 1. The summed E-state index contributed by atoms with van der Waals surface area (Å²) in [5, 5.41) is 9.93. The summed E-state index contributed by atoms with van der Waals surface area (Å²) in [6, 6.07) is 0. The summed E-state index contributed by atoms with van der Waals surface area (Å²) in [7, 11) is 0. The van der Waals surface area contributed by atoms with Crippen molar-refractivity contribution in [3.8, 4) is 0 Å². The monoisotopic (exact) mass is 338 g/mol. The molecule has 0 bridgehead atoms. The van der Waals surface area contributed by atoms with Gasteiger partial charge in [0.25, 0.3) is 0 Å². The smallest absolute Gasteiger partial charge is 0.307 e. The van der Waals surface area contributed by atoms with Gasteiger partial charge in [-0.25, -0.2) is 4.98 Å². The van der Waals surface area contributed by atoms with Crippen LogP contribution in [0.15, 0.2) is 6.20 Å². The molecule has 1 aliphatic heterocycles. The molecule has 1 atom stereocenters. The number of carboxylic acids is 1. The van der Waals surface area contributed by atoms with E-state index in [-0.39, 0.29) is 5.92 Å². The van der Waals surface area contributed by atoms with Gasteiger partial charge >= 0.3 is 5.97 Å². The Labute approximate surface area is 105 Å². The van der Waals surface area contributed by atoms with Gasteiger partial charge in [-0.05, 0) is 35.6 Å². The Hall–Kier alpha value is -0.210. The van der Waals surface area contributed by atoms with E-state index >= 15 is 0 Å². The number of likely N-dealkylation sites (tertiary alicyclic amines) is 1. The molecule has 4 nitrogen and oxygen atoms in total. The molecule has 0 saturated carbocycles. The van der Waals surface area contributed by atoms with Gasteiger partial charge in [0, 0.05) is 6.54 Å². The van der Waals surface area contributed by atoms with Gasteiger partial charge in [0.15, 0.2) is 0 Å². The molecule has 2 rings (SSSR count). The lowest BCUT2D eigenvalue weighted by Crippen LogP contribution is -2.22. The van der Waals surface area contributed by atoms with Crippen LogP contribution in [0.3, 0.4) is 0 Å². The number of halogens is 1. The zero-order valence-electron chi connectivity index (χ0n) is 8.02. The van der Waals surface area contributed by atoms with E-state index in [4.69, 9.17) is 5.11 Å². The minimum atomic E-state index is -0.675. The Balaban J connectivity index is 1.90. The van der Waals surface area contributed by atoms with Gasteiger partial charge in [-0.1, -0.05) is 0 Å². The Morgan fingerprint density at radius 2 is 2.60 bits per heavy atom. The van der Waals surface area contributed by atoms with Crippen molar-refractivity contribution in [2.75, 3.05) is 13.1 Å². The summed E-state index contributed by atoms with van der Waals surface area (Å²) in [5.74, 6) is -0.866. The second kappa shape index (κ2) is 4.75. The fourth-order valence-corrected chi connectivity index (χ4v) is 3.32. The summed E-state index contributed by atoms with van der Waals surface area (Å²) in [4.78, 5) is 17.2. The lowest BCUT2D eigenvalue weighted by molar-refractivity contribution is -0.141. The first-order valence-corrected chi connectivity index (χ1v) is 6.60. The van der Waals surface area contributed by atoms with Gasteiger partial charge in [-0.2, -0.15) is 0 Å². The third-order valence-corrected chi connectivity index (χ3v) is 4.22. The molecule has 1 N–H and O–H groups in total. The van der Waals surface area contributed by atoms with Crippen LogP contribution in [0.4, 0.5) is 0 Å². The number of hydrogen-bond donors (Lipinski definition) is 1. The van der Waals surface area contributed by atoms with Crippen LogP contribution in [0, 0.1) is 8.80 Å². The summed E-state index contributed by atoms with van der Waals surface area (Å²) in [5.41, 5.74) is 0. The van der Waals surface area contributed by atoms with Crippen LogP contribution in [0.5, 0.6) is 0 Å². The molecule has 1 unspecified atom stereocenters. The van der Waals surface area contributed by atoms with Crippen LogP contribution < -0.4 is 0 Å². The first-order valence-electron chi connectivity index (χ1n) is 4.70. The fraction of sp³-hybridized carbons (Fsp3) is 0.556. The molecule has 1 saturated heterocycles. The van der Waals surface area contributed by atoms with Gasteiger partial charge in [-0.3, -0.25) is 9.69 Å². The van der Waals surface area contributed by atoms with E-state index in [2.05, 4.69) is 32.5 Å². The lowest BCUT2D eigenvalue weighted by atomic mass is 10.1. The summed E-state index contributed by atoms with van der Waals surface area (Å²) >= 11 is 3.92. The Bertz CT molecular complexity index is 369. The van der Waals surface area contributed by atoms with Crippen LogP contribution >= 0.6 is 33.9 Å². The SMILES string of the molecule is O=C(O)C1CCN(Cc2ncc(I)s2)C1. The van der Waals surface area contributed by atoms with Crippen molar-refractivity contribution in [3.05, 3.63) is 14.1 Å². The fourth-order valence-electron chi connectivity index (χ4n) is 1.73. The number of aromatic nitrogens is 1. The number of thiazole rings is 1. The van der Waals surface area contributed by atoms with Crippen LogP contribution in [-0.4, -0.2) is 34.0 Å². The number of carboxylic acid groups (broad SMARTS) is 1. The molecule has 0 aliphatic carbocycles. The zero-order valence-corrected chi connectivity index (χ0v) is 11.0. The van der Waals surface area contributed by atoms with E-state index in [1.807, 2.05) is 6.20 Å². The predicted octanol–water partition coefficient (Wildman–Crippen LogP) is 1.65. The number of carbonyl (C=O) groups is 1. The molecule has 82 valence electrons. The van der Waals surface area contributed by atoms with Crippen molar-refractivity contribution in [1.82, 2.24) is 9.88 Å². The van der Waals surface area contributed by atoms with Crippen molar-refractivity contribution >= 4 is 39.9 Å². The lowest BCUT2D eigenvalue weighted by Gasteiger charge is -2.12. The molecular formula is C9H11IN2O2S. The van der Waals surface area contributed by atoms with Crippen LogP contribution in [-0.2, 0) is 11.3 Å². The molecule has 0 aromatic carbocycles. The van der Waals surface area contributed by atoms with Gasteiger partial charge in [0.05, 0.1) is 21.5 Å². The Kier molecular flexibility index (Phi) is 3.57. The van der Waals surface area contributed by atoms with Crippen molar-refractivity contribution in [1.29, 1.82) is 0 Å². The molecule has 1 aromatic rings. The summed E-state index contributed by atoms with van der Waals surface area (Å²) < 4.78 is 1.18. The standard InChI is InChI=1S/C9H11IN2O2S/c10-7-3-11-8(15-7)5-12-2-1-6(4-12)9(13)14/h3,6H,1-2,4-5H2,(H,13,14). The van der Waals surface area contributed by atoms with E-state index < -0.39 is 5.97 Å². The van der Waals surface area contributed by atoms with Crippen LogP contribution in [0.25, 0.3) is 0 Å². The Morgan fingerprint density at radius 3 is 3.13 bits per heavy atom. The van der Waals surface area contributed by atoms with Crippen molar-refractivity contribution in [2.24, 2.45) is 5.92 Å². The van der Waals surface area contributed by atoms with E-state index in [1.165, 1.54) is 2.88 Å². The van der Waals surface area contributed by atoms with Gasteiger partial charge < -0.3 is 5.11 Å². The second-order valence-electron chi connectivity index (χ2n) is 3.62. The van der Waals surface area contributed by atoms with Gasteiger partial charge in [0.1, 0.15) is 5.01 Å². The molecule has 0 radical (unpaired) electrons. The van der Waals surface area contributed by atoms with Crippen LogP contribution in [0.2, 0.25) is 0 Å². The summed E-state index contributed by atoms with van der Waals surface area (Å²) in [6.07, 6.45) is 2.61. The predicted molar refractivity (Wildman–Crippen MR) is 65.9 cm³/mol. The van der Waals surface area contributed by atoms with Crippen molar-refractivity contribution in [2.45, 2.75) is 13.0 Å². The first-order chi connectivity index (χ1) is 7.15. The Morgan fingerprint density at radius 1 is 1.80 bits per heavy atom. The maximum atomic E-state index is 10.8. The maximum Gasteiger partial charge on any atom is 0.307 e. The average molecular weight is 338 g/mol. The minimum Gasteiger partial charge on any atom is -0.481 e. The quantitative estimate of drug-likeness (QED) is 0.852. The third-order valence-electron chi connectivity index (χ3n) is 2.51. The molecule has 15 heavy (non-hydrogen) atoms. The highest BCUT2D eigenvalue weighted by Gasteiger charge is 2.28. The molecule has 6 heteroatoms. The highest BCUT2D eigenvalue weighted by Crippen LogP contribution is 2.21. The van der Waals surface area contributed by atoms with Crippen LogP contribution in [0.1, 0.15) is 11.4 Å². The van der Waals surface area contributed by atoms with E-state index in [9.17, 15) is 4.79 Å². The largest absolute Gasteiger partial charge is 0.481 e. The topological polar surface area (TPSA) is 53.4 Å². The number of rotatable bonds is 3. The number of nitrogens with zero attached hydrogens (tertiary/aromatic N) is 2. The minimum absolute atomic E-state index is 0.191. The van der Waals surface area contributed by atoms with Crippen molar-refractivity contribution in [3.63, 3.8) is 0 Å².